The van der Waals surface area contributed by atoms with Crippen molar-refractivity contribution in [2.24, 2.45) is 5.41 Å². The average Bonchev–Trinajstić information content (AvgIpc) is 2.70. The predicted molar refractivity (Wildman–Crippen MR) is 98.1 cm³/mol. The zero-order chi connectivity index (χ0) is 18.4. The van der Waals surface area contributed by atoms with Crippen molar-refractivity contribution < 1.29 is 9.53 Å². The van der Waals surface area contributed by atoms with Crippen LogP contribution in [0.15, 0.2) is 11.8 Å². The van der Waals surface area contributed by atoms with Gasteiger partial charge in [0.2, 0.25) is 5.70 Å². The molecule has 3 heteroatoms. The number of aryl methyl sites for hydroxylation is 1. The third-order valence-corrected chi connectivity index (χ3v) is 4.82. The molecule has 0 heterocycles. The molecule has 0 atom stereocenters. The predicted octanol–water partition coefficient (Wildman–Crippen LogP) is 5.24. The first-order valence-corrected chi connectivity index (χ1v) is 8.30. The number of ketones is 1. The van der Waals surface area contributed by atoms with Crippen molar-refractivity contribution in [1.29, 1.82) is 0 Å². The van der Waals surface area contributed by atoms with Crippen LogP contribution in [0.25, 0.3) is 10.4 Å². The number of benzene rings is 1. The van der Waals surface area contributed by atoms with Crippen LogP contribution >= 0.6 is 0 Å². The van der Waals surface area contributed by atoms with Crippen LogP contribution in [0.1, 0.15) is 63.3 Å². The summed E-state index contributed by atoms with van der Waals surface area (Å²) in [6, 6.07) is 2.08. The lowest BCUT2D eigenvalue weighted by Gasteiger charge is -2.23. The third kappa shape index (κ3) is 2.75. The summed E-state index contributed by atoms with van der Waals surface area (Å²) in [4.78, 5) is 16.5. The fraction of sp³-hybridized carbons (Fsp3) is 0.524. The normalized spacial score (nSPS) is 18.0. The lowest BCUT2D eigenvalue weighted by molar-refractivity contribution is -0.122. The maximum Gasteiger partial charge on any atom is 0.233 e. The Hall–Kier alpha value is -2.08. The monoisotopic (exact) mass is 325 g/mol. The summed E-state index contributed by atoms with van der Waals surface area (Å²) >= 11 is 0. The van der Waals surface area contributed by atoms with Crippen molar-refractivity contribution >= 4 is 11.4 Å². The zero-order valence-corrected chi connectivity index (χ0v) is 16.0. The molecule has 0 N–H and O–H groups in total. The molecule has 128 valence electrons. The first-order chi connectivity index (χ1) is 11.0. The molecule has 1 aromatic carbocycles. The highest BCUT2D eigenvalue weighted by atomic mass is 16.5. The van der Waals surface area contributed by atoms with Gasteiger partial charge in [0, 0.05) is 5.41 Å². The molecule has 0 saturated carbocycles. The van der Waals surface area contributed by atoms with E-state index in [1.165, 1.54) is 5.56 Å². The lowest BCUT2D eigenvalue weighted by atomic mass is 9.83. The van der Waals surface area contributed by atoms with Crippen LogP contribution in [0.2, 0.25) is 0 Å². The highest BCUT2D eigenvalue weighted by Crippen LogP contribution is 2.51. The molecule has 0 radical (unpaired) electrons. The summed E-state index contributed by atoms with van der Waals surface area (Å²) in [5.74, 6) is 0.817. The number of hydrogen-bond donors (Lipinski definition) is 0. The van der Waals surface area contributed by atoms with Crippen LogP contribution in [0.4, 0.5) is 0 Å². The van der Waals surface area contributed by atoms with Gasteiger partial charge in [-0.3, -0.25) is 0 Å². The van der Waals surface area contributed by atoms with Gasteiger partial charge in [0.25, 0.3) is 0 Å². The van der Waals surface area contributed by atoms with Crippen molar-refractivity contribution in [3.8, 4) is 5.75 Å². The summed E-state index contributed by atoms with van der Waals surface area (Å²) in [6.45, 7) is 21.6. The van der Waals surface area contributed by atoms with E-state index in [9.17, 15) is 4.79 Å². The molecule has 1 aliphatic carbocycles. The lowest BCUT2D eigenvalue weighted by Crippen LogP contribution is -2.21. The van der Waals surface area contributed by atoms with E-state index in [1.54, 1.807) is 7.11 Å². The van der Waals surface area contributed by atoms with E-state index in [4.69, 9.17) is 11.3 Å². The van der Waals surface area contributed by atoms with Gasteiger partial charge in [-0.25, -0.2) is 4.85 Å². The Kier molecular flexibility index (Phi) is 4.39. The molecule has 24 heavy (non-hydrogen) atoms. The topological polar surface area (TPSA) is 30.7 Å². The molecule has 0 saturated heterocycles. The van der Waals surface area contributed by atoms with E-state index in [0.717, 1.165) is 28.0 Å². The number of carbonyl (C=O) groups excluding carboxylic acids is 1. The minimum atomic E-state index is -0.559. The number of ether oxygens (including phenoxy) is 1. The first-order valence-electron chi connectivity index (χ1n) is 8.30. The van der Waals surface area contributed by atoms with Crippen LogP contribution in [0, 0.1) is 25.8 Å². The highest BCUT2D eigenvalue weighted by Gasteiger charge is 2.40. The summed E-state index contributed by atoms with van der Waals surface area (Å²) in [5, 5.41) is 0. The summed E-state index contributed by atoms with van der Waals surface area (Å²) < 4.78 is 5.57. The van der Waals surface area contributed by atoms with Crippen LogP contribution in [0.5, 0.6) is 5.75 Å². The quantitative estimate of drug-likeness (QED) is 0.550. The van der Waals surface area contributed by atoms with E-state index < -0.39 is 5.41 Å². The Bertz CT molecular complexity index is 784. The molecule has 2 rings (SSSR count). The third-order valence-electron chi connectivity index (χ3n) is 4.82. The Morgan fingerprint density at radius 3 is 2.33 bits per heavy atom. The van der Waals surface area contributed by atoms with Gasteiger partial charge in [0.15, 0.2) is 5.78 Å². The smallest absolute Gasteiger partial charge is 0.233 e. The van der Waals surface area contributed by atoms with Crippen molar-refractivity contribution in [2.75, 3.05) is 7.11 Å². The second kappa shape index (κ2) is 5.77. The van der Waals surface area contributed by atoms with Gasteiger partial charge in [-0.2, -0.15) is 0 Å². The summed E-state index contributed by atoms with van der Waals surface area (Å²) in [5.41, 5.74) is 4.89. The molecule has 0 unspecified atom stereocenters. The minimum Gasteiger partial charge on any atom is -0.496 e. The highest BCUT2D eigenvalue weighted by molar-refractivity contribution is 6.08. The zero-order valence-electron chi connectivity index (χ0n) is 16.0. The Morgan fingerprint density at radius 1 is 1.29 bits per heavy atom. The molecule has 0 aliphatic heterocycles. The van der Waals surface area contributed by atoms with E-state index in [1.807, 2.05) is 27.7 Å². The molecule has 3 nitrogen and oxygen atoms in total. The van der Waals surface area contributed by atoms with Crippen molar-refractivity contribution in [2.45, 2.75) is 60.3 Å². The van der Waals surface area contributed by atoms with Crippen molar-refractivity contribution in [1.82, 2.24) is 0 Å². The molecule has 1 aliphatic rings. The Balaban J connectivity index is 2.84. The van der Waals surface area contributed by atoms with E-state index >= 15 is 0 Å². The summed E-state index contributed by atoms with van der Waals surface area (Å²) in [7, 11) is 1.69. The number of rotatable bonds is 2. The number of hydrogen-bond acceptors (Lipinski definition) is 2. The van der Waals surface area contributed by atoms with Gasteiger partial charge in [-0.05, 0) is 59.6 Å². The standard InChI is InChI=1S/C21H27NO2/c1-12-10-14-15(17(22-8)19(23)20(3,4)5)11-21(6,7)16(14)13(2)18(12)24-9/h10H,11H2,1-7,9H3/b17-15-. The number of Topliss-reactive ketones (excluding diaryl/α,β-unsaturated/α-hetero) is 1. The molecule has 1 aromatic rings. The molecule has 0 fully saturated rings. The van der Waals surface area contributed by atoms with Crippen LogP contribution in [-0.4, -0.2) is 12.9 Å². The second-order valence-corrected chi connectivity index (χ2v) is 8.35. The first kappa shape index (κ1) is 18.3. The second-order valence-electron chi connectivity index (χ2n) is 8.35. The minimum absolute atomic E-state index is 0.0812. The molecule has 0 spiro atoms. The van der Waals surface area contributed by atoms with Crippen LogP contribution in [-0.2, 0) is 10.2 Å². The fourth-order valence-electron chi connectivity index (χ4n) is 3.84. The Labute approximate surface area is 145 Å². The van der Waals surface area contributed by atoms with Gasteiger partial charge >= 0.3 is 0 Å². The maximum atomic E-state index is 12.8. The van der Waals surface area contributed by atoms with Gasteiger partial charge in [0.05, 0.1) is 13.7 Å². The average molecular weight is 325 g/mol. The largest absolute Gasteiger partial charge is 0.496 e. The maximum absolute atomic E-state index is 12.8. The fourth-order valence-corrected chi connectivity index (χ4v) is 3.84. The van der Waals surface area contributed by atoms with Crippen molar-refractivity contribution in [3.05, 3.63) is 45.4 Å². The van der Waals surface area contributed by atoms with E-state index in [0.29, 0.717) is 12.1 Å². The van der Waals surface area contributed by atoms with Gasteiger partial charge in [0.1, 0.15) is 5.75 Å². The molecule has 0 bridgehead atoms. The number of methoxy groups -OCH3 is 1. The number of carbonyl (C=O) groups is 1. The van der Waals surface area contributed by atoms with Gasteiger partial charge in [-0.15, -0.1) is 0 Å². The Morgan fingerprint density at radius 2 is 1.88 bits per heavy atom. The van der Waals surface area contributed by atoms with Gasteiger partial charge < -0.3 is 9.53 Å². The van der Waals surface area contributed by atoms with E-state index in [2.05, 4.69) is 31.7 Å². The molecular weight excluding hydrogens is 298 g/mol. The van der Waals surface area contributed by atoms with Crippen molar-refractivity contribution in [3.63, 3.8) is 0 Å². The molecule has 0 aromatic heterocycles. The van der Waals surface area contributed by atoms with Gasteiger partial charge in [-0.1, -0.05) is 34.6 Å². The number of allylic oxidation sites excluding steroid dienone is 2. The molecule has 0 amide bonds. The number of nitrogens with zero attached hydrogens (tertiary/aromatic N) is 1. The van der Waals surface area contributed by atoms with Crippen LogP contribution < -0.4 is 4.74 Å². The summed E-state index contributed by atoms with van der Waals surface area (Å²) in [6.07, 6.45) is 0.704. The number of fused-ring (bicyclic) bond motifs is 1. The van der Waals surface area contributed by atoms with Crippen LogP contribution in [0.3, 0.4) is 0 Å². The van der Waals surface area contributed by atoms with E-state index in [-0.39, 0.29) is 11.2 Å². The molecular formula is C21H27NO2. The SMILES string of the molecule is [C-]#[N+]/C(C(=O)C(C)(C)C)=C1/CC(C)(C)c2c1cc(C)c(OC)c2C.